The van der Waals surface area contributed by atoms with Crippen LogP contribution in [0.25, 0.3) is 0 Å². The molecule has 134 valence electrons. The van der Waals surface area contributed by atoms with Gasteiger partial charge in [-0.3, -0.25) is 9.59 Å². The Kier molecular flexibility index (Phi) is 4.71. The number of fused-ring (bicyclic) bond motifs is 1. The summed E-state index contributed by atoms with van der Waals surface area (Å²) < 4.78 is 5.41. The van der Waals surface area contributed by atoms with E-state index in [2.05, 4.69) is 11.4 Å². The molecule has 1 N–H and O–H groups in total. The van der Waals surface area contributed by atoms with Gasteiger partial charge in [-0.05, 0) is 55.5 Å². The van der Waals surface area contributed by atoms with Gasteiger partial charge in [0.15, 0.2) is 0 Å². The molecule has 2 aromatic carbocycles. The number of nitrogens with zero attached hydrogens (tertiary/aromatic N) is 1. The molecule has 1 atom stereocenters. The van der Waals surface area contributed by atoms with Gasteiger partial charge in [0.1, 0.15) is 6.10 Å². The molecule has 5 heteroatoms. The summed E-state index contributed by atoms with van der Waals surface area (Å²) in [4.78, 5) is 27.1. The zero-order valence-corrected chi connectivity index (χ0v) is 14.6. The first-order valence-corrected chi connectivity index (χ1v) is 9.15. The molecule has 2 aliphatic heterocycles. The molecule has 0 spiro atoms. The van der Waals surface area contributed by atoms with Crippen molar-refractivity contribution in [3.63, 3.8) is 0 Å². The molecule has 0 bridgehead atoms. The molecule has 5 nitrogen and oxygen atoms in total. The van der Waals surface area contributed by atoms with Gasteiger partial charge < -0.3 is 15.0 Å². The summed E-state index contributed by atoms with van der Waals surface area (Å²) in [6.45, 7) is 1.34. The second kappa shape index (κ2) is 7.30. The van der Waals surface area contributed by atoms with Crippen LogP contribution in [0.15, 0.2) is 48.5 Å². The standard InChI is InChI=1S/C21H22N2O3/c24-20(19-11-5-13-26-19)22-17-9-3-7-16(14-17)21(25)23-12-4-8-15-6-1-2-10-18(15)23/h1-3,6-7,9-10,14,19H,4-5,8,11-13H2,(H,22,24). The molecule has 2 amide bonds. The normalized spacial score (nSPS) is 19.1. The Morgan fingerprint density at radius 1 is 1.08 bits per heavy atom. The van der Waals surface area contributed by atoms with Crippen LogP contribution in [-0.4, -0.2) is 31.1 Å². The molecule has 4 rings (SSSR count). The van der Waals surface area contributed by atoms with E-state index in [1.165, 1.54) is 5.56 Å². The van der Waals surface area contributed by atoms with E-state index >= 15 is 0 Å². The van der Waals surface area contributed by atoms with Crippen molar-refractivity contribution in [2.45, 2.75) is 31.8 Å². The fourth-order valence-corrected chi connectivity index (χ4v) is 3.64. The smallest absolute Gasteiger partial charge is 0.258 e. The fourth-order valence-electron chi connectivity index (χ4n) is 3.64. The predicted octanol–water partition coefficient (Wildman–Crippen LogP) is 3.40. The Morgan fingerprint density at radius 3 is 2.81 bits per heavy atom. The van der Waals surface area contributed by atoms with E-state index in [0.29, 0.717) is 24.4 Å². The number of amides is 2. The topological polar surface area (TPSA) is 58.6 Å². The number of carbonyl (C=O) groups is 2. The number of hydrogen-bond donors (Lipinski definition) is 1. The Morgan fingerprint density at radius 2 is 1.96 bits per heavy atom. The first-order valence-electron chi connectivity index (χ1n) is 9.15. The van der Waals surface area contributed by atoms with Crippen molar-refractivity contribution in [1.82, 2.24) is 0 Å². The lowest BCUT2D eigenvalue weighted by atomic mass is 10.0. The third-order valence-corrected chi connectivity index (χ3v) is 4.95. The molecule has 2 heterocycles. The first kappa shape index (κ1) is 16.8. The lowest BCUT2D eigenvalue weighted by Crippen LogP contribution is -2.35. The monoisotopic (exact) mass is 350 g/mol. The van der Waals surface area contributed by atoms with Crippen LogP contribution in [0.4, 0.5) is 11.4 Å². The molecule has 1 fully saturated rings. The molecule has 0 radical (unpaired) electrons. The van der Waals surface area contributed by atoms with Gasteiger partial charge in [-0.1, -0.05) is 24.3 Å². The number of rotatable bonds is 3. The summed E-state index contributed by atoms with van der Waals surface area (Å²) in [7, 11) is 0. The highest BCUT2D eigenvalue weighted by Crippen LogP contribution is 2.28. The summed E-state index contributed by atoms with van der Waals surface area (Å²) in [6.07, 6.45) is 3.22. The number of benzene rings is 2. The average molecular weight is 350 g/mol. The van der Waals surface area contributed by atoms with Crippen LogP contribution in [0.2, 0.25) is 0 Å². The van der Waals surface area contributed by atoms with Crippen LogP contribution < -0.4 is 10.2 Å². The van der Waals surface area contributed by atoms with E-state index in [0.717, 1.165) is 31.4 Å². The Hall–Kier alpha value is -2.66. The van der Waals surface area contributed by atoms with Crippen LogP contribution in [0.1, 0.15) is 35.2 Å². The molecular weight excluding hydrogens is 328 g/mol. The molecule has 0 aliphatic carbocycles. The first-order chi connectivity index (χ1) is 12.7. The Balaban J connectivity index is 1.53. The molecule has 26 heavy (non-hydrogen) atoms. The fraction of sp³-hybridized carbons (Fsp3) is 0.333. The molecule has 2 aromatic rings. The lowest BCUT2D eigenvalue weighted by Gasteiger charge is -2.29. The average Bonchev–Trinajstić information content (AvgIpc) is 3.22. The largest absolute Gasteiger partial charge is 0.368 e. The van der Waals surface area contributed by atoms with Crippen LogP contribution in [-0.2, 0) is 16.0 Å². The van der Waals surface area contributed by atoms with Gasteiger partial charge in [-0.25, -0.2) is 0 Å². The summed E-state index contributed by atoms with van der Waals surface area (Å²) in [5, 5.41) is 2.87. The molecule has 0 aromatic heterocycles. The number of anilines is 2. The van der Waals surface area contributed by atoms with Gasteiger partial charge in [0.05, 0.1) is 0 Å². The highest BCUT2D eigenvalue weighted by Gasteiger charge is 2.25. The zero-order chi connectivity index (χ0) is 17.9. The van der Waals surface area contributed by atoms with Crippen molar-refractivity contribution < 1.29 is 14.3 Å². The van der Waals surface area contributed by atoms with E-state index in [-0.39, 0.29) is 17.9 Å². The second-order valence-electron chi connectivity index (χ2n) is 6.76. The minimum Gasteiger partial charge on any atom is -0.368 e. The quantitative estimate of drug-likeness (QED) is 0.923. The van der Waals surface area contributed by atoms with Gasteiger partial charge in [-0.15, -0.1) is 0 Å². The van der Waals surface area contributed by atoms with E-state index in [4.69, 9.17) is 4.74 Å². The number of hydrogen-bond acceptors (Lipinski definition) is 3. The summed E-state index contributed by atoms with van der Waals surface area (Å²) >= 11 is 0. The Bertz CT molecular complexity index is 828. The minimum absolute atomic E-state index is 0.0367. The van der Waals surface area contributed by atoms with Crippen molar-refractivity contribution in [1.29, 1.82) is 0 Å². The number of carbonyl (C=O) groups excluding carboxylic acids is 2. The third kappa shape index (κ3) is 3.35. The molecular formula is C21H22N2O3. The highest BCUT2D eigenvalue weighted by atomic mass is 16.5. The van der Waals surface area contributed by atoms with Crippen molar-refractivity contribution >= 4 is 23.2 Å². The van der Waals surface area contributed by atoms with Gasteiger partial charge >= 0.3 is 0 Å². The second-order valence-corrected chi connectivity index (χ2v) is 6.76. The molecule has 1 saturated heterocycles. The maximum Gasteiger partial charge on any atom is 0.258 e. The number of para-hydroxylation sites is 1. The van der Waals surface area contributed by atoms with Crippen molar-refractivity contribution in [2.24, 2.45) is 0 Å². The van der Waals surface area contributed by atoms with Crippen molar-refractivity contribution in [3.05, 3.63) is 59.7 Å². The van der Waals surface area contributed by atoms with Crippen molar-refractivity contribution in [3.8, 4) is 0 Å². The van der Waals surface area contributed by atoms with Crippen LogP contribution >= 0.6 is 0 Å². The maximum absolute atomic E-state index is 13.0. The van der Waals surface area contributed by atoms with E-state index in [1.54, 1.807) is 24.3 Å². The van der Waals surface area contributed by atoms with Crippen LogP contribution in [0.5, 0.6) is 0 Å². The van der Waals surface area contributed by atoms with E-state index in [9.17, 15) is 9.59 Å². The summed E-state index contributed by atoms with van der Waals surface area (Å²) in [5.41, 5.74) is 3.39. The molecule has 2 aliphatic rings. The number of ether oxygens (including phenoxy) is 1. The zero-order valence-electron chi connectivity index (χ0n) is 14.6. The predicted molar refractivity (Wildman–Crippen MR) is 100 cm³/mol. The van der Waals surface area contributed by atoms with Crippen molar-refractivity contribution in [2.75, 3.05) is 23.4 Å². The number of aryl methyl sites for hydroxylation is 1. The SMILES string of the molecule is O=C(Nc1cccc(C(=O)N2CCCc3ccccc32)c1)C1CCCO1. The van der Waals surface area contributed by atoms with Crippen LogP contribution in [0, 0.1) is 0 Å². The summed E-state index contributed by atoms with van der Waals surface area (Å²) in [6, 6.07) is 15.2. The third-order valence-electron chi connectivity index (χ3n) is 4.95. The van der Waals surface area contributed by atoms with Gasteiger partial charge in [0, 0.05) is 30.1 Å². The molecule has 0 saturated carbocycles. The lowest BCUT2D eigenvalue weighted by molar-refractivity contribution is -0.124. The van der Waals surface area contributed by atoms with E-state index in [1.807, 2.05) is 23.1 Å². The van der Waals surface area contributed by atoms with Gasteiger partial charge in [-0.2, -0.15) is 0 Å². The summed E-state index contributed by atoms with van der Waals surface area (Å²) in [5.74, 6) is -0.180. The Labute approximate surface area is 153 Å². The number of nitrogens with one attached hydrogen (secondary N) is 1. The van der Waals surface area contributed by atoms with E-state index < -0.39 is 0 Å². The van der Waals surface area contributed by atoms with Crippen LogP contribution in [0.3, 0.4) is 0 Å². The van der Waals surface area contributed by atoms with Gasteiger partial charge in [0.25, 0.3) is 11.8 Å². The highest BCUT2D eigenvalue weighted by molar-refractivity contribution is 6.07. The molecule has 1 unspecified atom stereocenters. The maximum atomic E-state index is 13.0. The minimum atomic E-state index is -0.386. The van der Waals surface area contributed by atoms with Gasteiger partial charge in [0.2, 0.25) is 0 Å².